The fourth-order valence-electron chi connectivity index (χ4n) is 2.49. The van der Waals surface area contributed by atoms with Crippen molar-refractivity contribution in [1.29, 1.82) is 0 Å². The van der Waals surface area contributed by atoms with Crippen LogP contribution in [0.5, 0.6) is 5.75 Å². The lowest BCUT2D eigenvalue weighted by Gasteiger charge is -2.06. The molecule has 24 heavy (non-hydrogen) atoms. The highest BCUT2D eigenvalue weighted by Crippen LogP contribution is 2.29. The molecule has 1 N–H and O–H groups in total. The zero-order valence-corrected chi connectivity index (χ0v) is 14.6. The van der Waals surface area contributed by atoms with Gasteiger partial charge in [0.25, 0.3) is 5.91 Å². The molecule has 3 rings (SSSR count). The summed E-state index contributed by atoms with van der Waals surface area (Å²) in [5.41, 5.74) is 4.49. The summed E-state index contributed by atoms with van der Waals surface area (Å²) in [6.45, 7) is 3.91. The van der Waals surface area contributed by atoms with Crippen LogP contribution in [0.25, 0.3) is 11.3 Å². The number of rotatable bonds is 4. The molecule has 1 aromatic heterocycles. The van der Waals surface area contributed by atoms with Crippen molar-refractivity contribution in [3.05, 3.63) is 64.5 Å². The highest BCUT2D eigenvalue weighted by atomic mass is 32.1. The molecule has 3 aromatic rings. The van der Waals surface area contributed by atoms with Crippen LogP contribution in [0.1, 0.15) is 21.5 Å². The molecule has 4 nitrogen and oxygen atoms in total. The van der Waals surface area contributed by atoms with E-state index in [1.54, 1.807) is 7.11 Å². The zero-order chi connectivity index (χ0) is 17.1. The predicted octanol–water partition coefficient (Wildman–Crippen LogP) is 4.69. The van der Waals surface area contributed by atoms with Crippen LogP contribution < -0.4 is 10.1 Å². The quantitative estimate of drug-likeness (QED) is 0.751. The van der Waals surface area contributed by atoms with Gasteiger partial charge in [0.2, 0.25) is 0 Å². The number of nitrogens with zero attached hydrogens (tertiary/aromatic N) is 1. The highest BCUT2D eigenvalue weighted by Gasteiger charge is 2.12. The topological polar surface area (TPSA) is 51.2 Å². The monoisotopic (exact) mass is 338 g/mol. The Balaban J connectivity index is 1.80. The van der Waals surface area contributed by atoms with Gasteiger partial charge in [0.05, 0.1) is 12.8 Å². The second-order valence-corrected chi connectivity index (χ2v) is 6.35. The average molecular weight is 338 g/mol. The van der Waals surface area contributed by atoms with Crippen molar-refractivity contribution in [2.75, 3.05) is 12.4 Å². The lowest BCUT2D eigenvalue weighted by Crippen LogP contribution is -2.12. The summed E-state index contributed by atoms with van der Waals surface area (Å²) in [5.74, 6) is 0.710. The van der Waals surface area contributed by atoms with Gasteiger partial charge in [-0.1, -0.05) is 18.2 Å². The smallest absolute Gasteiger partial charge is 0.257 e. The molecule has 0 atom stereocenters. The summed E-state index contributed by atoms with van der Waals surface area (Å²) in [5, 5.41) is 5.40. The Hall–Kier alpha value is -2.66. The van der Waals surface area contributed by atoms with Crippen LogP contribution in [0.15, 0.2) is 47.8 Å². The van der Waals surface area contributed by atoms with Gasteiger partial charge in [0, 0.05) is 16.5 Å². The van der Waals surface area contributed by atoms with Gasteiger partial charge in [-0.15, -0.1) is 11.3 Å². The van der Waals surface area contributed by atoms with Crippen molar-refractivity contribution in [1.82, 2.24) is 4.98 Å². The Kier molecular flexibility index (Phi) is 4.62. The highest BCUT2D eigenvalue weighted by molar-refractivity contribution is 7.14. The molecule has 1 heterocycles. The van der Waals surface area contributed by atoms with E-state index in [0.717, 1.165) is 28.1 Å². The summed E-state index contributed by atoms with van der Waals surface area (Å²) in [6, 6.07) is 13.4. The van der Waals surface area contributed by atoms with Gasteiger partial charge < -0.3 is 4.74 Å². The van der Waals surface area contributed by atoms with Gasteiger partial charge in [-0.2, -0.15) is 0 Å². The summed E-state index contributed by atoms with van der Waals surface area (Å²) >= 11 is 1.41. The number of carbonyl (C=O) groups is 1. The molecule has 0 bridgehead atoms. The first kappa shape index (κ1) is 16.2. The van der Waals surface area contributed by atoms with E-state index in [9.17, 15) is 4.79 Å². The van der Waals surface area contributed by atoms with E-state index in [4.69, 9.17) is 4.74 Å². The summed E-state index contributed by atoms with van der Waals surface area (Å²) in [7, 11) is 1.66. The number of thiazole rings is 1. The standard InChI is InChI=1S/C19H18N2O2S/c1-12-6-4-5-7-15(12)18(22)21-19-20-16(11-24-19)14-8-9-17(23-3)13(2)10-14/h4-11H,1-3H3,(H,20,21,22). The first-order valence-electron chi connectivity index (χ1n) is 7.56. The van der Waals surface area contributed by atoms with Crippen molar-refractivity contribution in [3.63, 3.8) is 0 Å². The van der Waals surface area contributed by atoms with E-state index >= 15 is 0 Å². The van der Waals surface area contributed by atoms with E-state index in [0.29, 0.717) is 10.7 Å². The molecule has 0 fully saturated rings. The minimum Gasteiger partial charge on any atom is -0.496 e. The summed E-state index contributed by atoms with van der Waals surface area (Å²) < 4.78 is 5.28. The molecule has 0 aliphatic heterocycles. The van der Waals surface area contributed by atoms with Crippen LogP contribution in [0.2, 0.25) is 0 Å². The molecule has 5 heteroatoms. The van der Waals surface area contributed by atoms with Crippen molar-refractivity contribution in [2.45, 2.75) is 13.8 Å². The third-order valence-electron chi connectivity index (χ3n) is 3.80. The van der Waals surface area contributed by atoms with Gasteiger partial charge in [0.15, 0.2) is 5.13 Å². The van der Waals surface area contributed by atoms with Crippen LogP contribution in [0, 0.1) is 13.8 Å². The number of hydrogen-bond acceptors (Lipinski definition) is 4. The maximum atomic E-state index is 12.4. The Morgan fingerprint density at radius 3 is 2.62 bits per heavy atom. The molecule has 0 aliphatic carbocycles. The molecule has 1 amide bonds. The maximum Gasteiger partial charge on any atom is 0.257 e. The third kappa shape index (κ3) is 3.31. The number of carbonyl (C=O) groups excluding carboxylic acids is 1. The largest absolute Gasteiger partial charge is 0.496 e. The van der Waals surface area contributed by atoms with Crippen molar-refractivity contribution in [3.8, 4) is 17.0 Å². The zero-order valence-electron chi connectivity index (χ0n) is 13.8. The van der Waals surface area contributed by atoms with Crippen LogP contribution in [-0.2, 0) is 0 Å². The third-order valence-corrected chi connectivity index (χ3v) is 4.56. The van der Waals surface area contributed by atoms with E-state index in [2.05, 4.69) is 10.3 Å². The number of hydrogen-bond donors (Lipinski definition) is 1. The van der Waals surface area contributed by atoms with Crippen molar-refractivity contribution < 1.29 is 9.53 Å². The fraction of sp³-hybridized carbons (Fsp3) is 0.158. The van der Waals surface area contributed by atoms with Gasteiger partial charge in [-0.25, -0.2) is 4.98 Å². The van der Waals surface area contributed by atoms with Crippen LogP contribution in [0.3, 0.4) is 0 Å². The maximum absolute atomic E-state index is 12.4. The Morgan fingerprint density at radius 2 is 1.92 bits per heavy atom. The second-order valence-electron chi connectivity index (χ2n) is 5.49. The average Bonchev–Trinajstić information content (AvgIpc) is 3.03. The first-order valence-corrected chi connectivity index (χ1v) is 8.44. The molecule has 0 radical (unpaired) electrons. The lowest BCUT2D eigenvalue weighted by atomic mass is 10.1. The number of benzene rings is 2. The number of aromatic nitrogens is 1. The number of aryl methyl sites for hydroxylation is 2. The number of nitrogens with one attached hydrogen (secondary N) is 1. The van der Waals surface area contributed by atoms with Crippen LogP contribution in [0.4, 0.5) is 5.13 Å². The summed E-state index contributed by atoms with van der Waals surface area (Å²) in [4.78, 5) is 16.9. The number of ether oxygens (including phenoxy) is 1. The molecular formula is C19H18N2O2S. The molecule has 0 unspecified atom stereocenters. The van der Waals surface area contributed by atoms with E-state index in [-0.39, 0.29) is 5.91 Å². The predicted molar refractivity (Wildman–Crippen MR) is 98.0 cm³/mol. The first-order chi connectivity index (χ1) is 11.6. The van der Waals surface area contributed by atoms with Crippen molar-refractivity contribution >= 4 is 22.4 Å². The molecule has 0 saturated carbocycles. The number of amides is 1. The SMILES string of the molecule is COc1ccc(-c2csc(NC(=O)c3ccccc3C)n2)cc1C. The van der Waals surface area contributed by atoms with Gasteiger partial charge in [-0.3, -0.25) is 10.1 Å². The summed E-state index contributed by atoms with van der Waals surface area (Å²) in [6.07, 6.45) is 0. The fourth-order valence-corrected chi connectivity index (χ4v) is 3.21. The number of anilines is 1. The minimum atomic E-state index is -0.139. The Labute approximate surface area is 145 Å². The Morgan fingerprint density at radius 1 is 1.12 bits per heavy atom. The Bertz CT molecular complexity index is 887. The van der Waals surface area contributed by atoms with Gasteiger partial charge in [0.1, 0.15) is 5.75 Å². The lowest BCUT2D eigenvalue weighted by molar-refractivity contribution is 0.102. The van der Waals surface area contributed by atoms with E-state index in [1.165, 1.54) is 11.3 Å². The van der Waals surface area contributed by atoms with Gasteiger partial charge >= 0.3 is 0 Å². The van der Waals surface area contributed by atoms with Crippen LogP contribution in [-0.4, -0.2) is 18.0 Å². The molecule has 2 aromatic carbocycles. The van der Waals surface area contributed by atoms with Gasteiger partial charge in [-0.05, 0) is 49.2 Å². The molecule has 0 saturated heterocycles. The molecule has 0 aliphatic rings. The second kappa shape index (κ2) is 6.84. The van der Waals surface area contributed by atoms with E-state index < -0.39 is 0 Å². The normalized spacial score (nSPS) is 10.5. The molecular weight excluding hydrogens is 320 g/mol. The number of methoxy groups -OCH3 is 1. The van der Waals surface area contributed by atoms with Crippen LogP contribution >= 0.6 is 11.3 Å². The molecule has 0 spiro atoms. The van der Waals surface area contributed by atoms with E-state index in [1.807, 2.05) is 61.7 Å². The minimum absolute atomic E-state index is 0.139. The molecule has 122 valence electrons. The van der Waals surface area contributed by atoms with Crippen molar-refractivity contribution in [2.24, 2.45) is 0 Å².